The van der Waals surface area contributed by atoms with Crippen LogP contribution in [-0.4, -0.2) is 0 Å². The van der Waals surface area contributed by atoms with Crippen molar-refractivity contribution in [1.29, 1.82) is 0 Å². The summed E-state index contributed by atoms with van der Waals surface area (Å²) >= 11 is 0. The van der Waals surface area contributed by atoms with Gasteiger partial charge in [0, 0.05) is 0 Å². The predicted molar refractivity (Wildman–Crippen MR) is 146 cm³/mol. The highest BCUT2D eigenvalue weighted by atomic mass is 13.8. The first-order valence-electron chi connectivity index (χ1n) is 12.6. The lowest BCUT2D eigenvalue weighted by Gasteiger charge is -1.79. The van der Waals surface area contributed by atoms with E-state index in [1.807, 2.05) is 0 Å². The van der Waals surface area contributed by atoms with Gasteiger partial charge >= 0.3 is 0 Å². The van der Waals surface area contributed by atoms with Crippen LogP contribution < -0.4 is 0 Å². The second-order valence-electron chi connectivity index (χ2n) is 9.76. The fraction of sp³-hybridized carbons (Fsp3) is 1.00. The molecular weight excluding hydrogens is 336 g/mol. The van der Waals surface area contributed by atoms with Crippen LogP contribution in [0.15, 0.2) is 0 Å². The Labute approximate surface area is 188 Å². The Hall–Kier alpha value is 0. The summed E-state index contributed by atoms with van der Waals surface area (Å²) in [5.74, 6) is 3.33. The Kier molecular flexibility index (Phi) is 130. The average Bonchev–Trinajstić information content (AvgIpc) is 2.38. The summed E-state index contributed by atoms with van der Waals surface area (Å²) < 4.78 is 0. The molecule has 0 aromatic rings. The predicted octanol–water partition coefficient (Wildman–Crippen LogP) is 12.3. The van der Waals surface area contributed by atoms with Gasteiger partial charge in [0.2, 0.25) is 0 Å². The molecule has 0 aliphatic carbocycles. The van der Waals surface area contributed by atoms with Crippen molar-refractivity contribution in [3.8, 4) is 0 Å². The molecule has 0 fully saturated rings. The first kappa shape index (κ1) is 51.0. The Bertz CT molecular complexity index is 77.0. The van der Waals surface area contributed by atoms with Gasteiger partial charge in [-0.2, -0.15) is 0 Å². The zero-order chi connectivity index (χ0) is 25.1. The highest BCUT2D eigenvalue weighted by Gasteiger charge is 1.69. The van der Waals surface area contributed by atoms with Gasteiger partial charge in [-0.25, -0.2) is 0 Å². The van der Waals surface area contributed by atoms with Crippen LogP contribution in [0.25, 0.3) is 0 Å². The molecule has 0 aliphatic heterocycles. The Morgan fingerprint density at radius 3 is 0.250 bits per heavy atom. The molecule has 0 rings (SSSR count). The van der Waals surface area contributed by atoms with Crippen LogP contribution in [0.1, 0.15) is 164 Å². The van der Waals surface area contributed by atoms with Crippen LogP contribution in [0.3, 0.4) is 0 Å². The maximum absolute atomic E-state index is 2.17. The summed E-state index contributed by atoms with van der Waals surface area (Å²) in [6.07, 6.45) is 5.00. The van der Waals surface area contributed by atoms with Crippen molar-refractivity contribution in [3.05, 3.63) is 0 Å². The summed E-state index contributed by atoms with van der Waals surface area (Å²) in [6, 6.07) is 0. The third-order valence-corrected chi connectivity index (χ3v) is 0. The monoisotopic (exact) mass is 409 g/mol. The van der Waals surface area contributed by atoms with Crippen LogP contribution in [0.5, 0.6) is 0 Å². The Balaban J connectivity index is -0.0000000273. The lowest BCUT2D eigenvalue weighted by atomic mass is 10.3. The summed E-state index contributed by atoms with van der Waals surface area (Å²) in [5.41, 5.74) is 0. The molecule has 0 amide bonds. The van der Waals surface area contributed by atoms with Gasteiger partial charge in [0.1, 0.15) is 0 Å². The summed E-state index contributed by atoms with van der Waals surface area (Å²) in [4.78, 5) is 0. The molecule has 0 unspecified atom stereocenters. The van der Waals surface area contributed by atoms with Crippen LogP contribution in [0.4, 0.5) is 0 Å². The van der Waals surface area contributed by atoms with Crippen molar-refractivity contribution >= 4 is 0 Å². The molecule has 28 heavy (non-hydrogen) atoms. The van der Waals surface area contributed by atoms with Crippen LogP contribution in [-0.2, 0) is 0 Å². The minimum absolute atomic E-state index is 0.833. The van der Waals surface area contributed by atoms with Crippen LogP contribution in [0.2, 0.25) is 0 Å². The normalized spacial score (nSPS) is 7.71. The van der Waals surface area contributed by atoms with Gasteiger partial charge in [-0.1, -0.05) is 164 Å². The first-order chi connectivity index (χ1) is 12.6. The van der Waals surface area contributed by atoms with Crippen molar-refractivity contribution < 1.29 is 0 Å². The standard InChI is InChI=1S/4C4H10.4C3H8/c4*1-4(2)3;4*1-3-2/h4*4H,1-3H3;4*3H2,1-2H3. The van der Waals surface area contributed by atoms with Gasteiger partial charge in [-0.05, 0) is 23.7 Å². The number of hydrogen-bond donors (Lipinski definition) is 0. The van der Waals surface area contributed by atoms with E-state index in [1.165, 1.54) is 25.7 Å². The van der Waals surface area contributed by atoms with E-state index in [-0.39, 0.29) is 0 Å². The summed E-state index contributed by atoms with van der Waals surface area (Å²) in [6.45, 7) is 43.0. The number of rotatable bonds is 0. The molecule has 0 aromatic heterocycles. The molecule has 0 nitrogen and oxygen atoms in total. The molecule has 0 aliphatic rings. The molecule has 0 heteroatoms. The zero-order valence-electron chi connectivity index (χ0n) is 25.1. The number of hydrogen-bond acceptors (Lipinski definition) is 0. The van der Waals surface area contributed by atoms with Gasteiger partial charge in [0.15, 0.2) is 0 Å². The highest BCUT2D eigenvalue weighted by Crippen LogP contribution is 1.82. The second kappa shape index (κ2) is 71.3. The minimum atomic E-state index is 0.833. The second-order valence-corrected chi connectivity index (χ2v) is 9.76. The fourth-order valence-electron chi connectivity index (χ4n) is 0. The van der Waals surface area contributed by atoms with E-state index >= 15 is 0 Å². The van der Waals surface area contributed by atoms with Crippen molar-refractivity contribution in [2.45, 2.75) is 164 Å². The smallest absolute Gasteiger partial charge is 0.0500 e. The van der Waals surface area contributed by atoms with Gasteiger partial charge in [-0.3, -0.25) is 0 Å². The van der Waals surface area contributed by atoms with Crippen molar-refractivity contribution in [2.24, 2.45) is 23.7 Å². The maximum Gasteiger partial charge on any atom is -0.0500 e. The maximum atomic E-state index is 2.17. The topological polar surface area (TPSA) is 0 Å². The molecule has 0 heterocycles. The van der Waals surface area contributed by atoms with Crippen LogP contribution in [0, 0.1) is 23.7 Å². The lowest BCUT2D eigenvalue weighted by molar-refractivity contribution is 0.736. The first-order valence-corrected chi connectivity index (χ1v) is 12.6. The molecule has 0 saturated heterocycles. The average molecular weight is 409 g/mol. The zero-order valence-corrected chi connectivity index (χ0v) is 25.1. The van der Waals surface area contributed by atoms with Crippen LogP contribution >= 0.6 is 0 Å². The van der Waals surface area contributed by atoms with E-state index in [0.717, 1.165) is 23.7 Å². The lowest BCUT2D eigenvalue weighted by Crippen LogP contribution is -1.66. The molecule has 184 valence electrons. The van der Waals surface area contributed by atoms with Crippen molar-refractivity contribution in [2.75, 3.05) is 0 Å². The SMILES string of the molecule is CC(C)C.CC(C)C.CC(C)C.CC(C)C.CCC.CCC.CCC.CCC. The van der Waals surface area contributed by atoms with Gasteiger partial charge in [0.25, 0.3) is 0 Å². The van der Waals surface area contributed by atoms with Gasteiger partial charge < -0.3 is 0 Å². The fourth-order valence-corrected chi connectivity index (χ4v) is 0. The molecule has 0 saturated carbocycles. The largest absolute Gasteiger partial charge is 0.0656 e. The van der Waals surface area contributed by atoms with E-state index in [2.05, 4.69) is 138 Å². The van der Waals surface area contributed by atoms with Gasteiger partial charge in [0.05, 0.1) is 0 Å². The van der Waals surface area contributed by atoms with E-state index in [9.17, 15) is 0 Å². The van der Waals surface area contributed by atoms with Crippen molar-refractivity contribution in [3.63, 3.8) is 0 Å². The summed E-state index contributed by atoms with van der Waals surface area (Å²) in [7, 11) is 0. The third kappa shape index (κ3) is 0. The molecule has 0 atom stereocenters. The third-order valence-electron chi connectivity index (χ3n) is 0. The molecule has 0 aromatic carbocycles. The minimum Gasteiger partial charge on any atom is -0.0656 e. The van der Waals surface area contributed by atoms with Crippen molar-refractivity contribution in [1.82, 2.24) is 0 Å². The molecule has 0 N–H and O–H groups in total. The van der Waals surface area contributed by atoms with E-state index in [4.69, 9.17) is 0 Å². The molecule has 0 spiro atoms. The highest BCUT2D eigenvalue weighted by molar-refractivity contribution is 4.21. The molecular formula is C28H72. The molecule has 0 bridgehead atoms. The van der Waals surface area contributed by atoms with E-state index in [1.54, 1.807) is 0 Å². The Morgan fingerprint density at radius 2 is 0.250 bits per heavy atom. The summed E-state index contributed by atoms with van der Waals surface area (Å²) in [5, 5.41) is 0. The molecule has 0 radical (unpaired) electrons. The van der Waals surface area contributed by atoms with Gasteiger partial charge in [-0.15, -0.1) is 0 Å². The Morgan fingerprint density at radius 1 is 0.250 bits per heavy atom. The van der Waals surface area contributed by atoms with E-state index in [0.29, 0.717) is 0 Å². The van der Waals surface area contributed by atoms with E-state index < -0.39 is 0 Å². The quantitative estimate of drug-likeness (QED) is 0.373.